The predicted octanol–water partition coefficient (Wildman–Crippen LogP) is 6.46. The third-order valence-electron chi connectivity index (χ3n) is 6.00. The summed E-state index contributed by atoms with van der Waals surface area (Å²) < 4.78 is 13.0. The standard InChI is InChI=1S/C31H29BrClN3O4/c1-39-29-18-22(20-35-36-31(38)24-9-12-28(37)27(33)19-24)17-26(23-5-3-2-4-6-23)30(29)40-16-15-34-14-13-21-7-10-25(32)11-8-21/h2-12,17-20,34,37H,13-16H2,1H3,(H,36,38)/b35-20+. The van der Waals surface area contributed by atoms with Crippen LogP contribution in [0, 0.1) is 0 Å². The molecule has 0 saturated heterocycles. The first kappa shape index (κ1) is 29.1. The molecule has 4 aromatic rings. The number of benzene rings is 4. The number of hydrogen-bond donors (Lipinski definition) is 3. The van der Waals surface area contributed by atoms with E-state index in [0.717, 1.165) is 28.6 Å². The van der Waals surface area contributed by atoms with Crippen LogP contribution in [0.2, 0.25) is 5.02 Å². The van der Waals surface area contributed by atoms with Gasteiger partial charge in [-0.25, -0.2) is 5.43 Å². The number of hydrogen-bond acceptors (Lipinski definition) is 6. The van der Waals surface area contributed by atoms with Crippen molar-refractivity contribution in [3.63, 3.8) is 0 Å². The van der Waals surface area contributed by atoms with Crippen molar-refractivity contribution in [2.24, 2.45) is 5.10 Å². The third-order valence-corrected chi connectivity index (χ3v) is 6.83. The second-order valence-electron chi connectivity index (χ2n) is 8.81. The summed E-state index contributed by atoms with van der Waals surface area (Å²) in [6.45, 7) is 1.96. The molecule has 206 valence electrons. The fraction of sp³-hybridized carbons (Fsp3) is 0.161. The summed E-state index contributed by atoms with van der Waals surface area (Å²) in [5, 5.41) is 17.2. The van der Waals surface area contributed by atoms with Crippen LogP contribution >= 0.6 is 27.5 Å². The second kappa shape index (κ2) is 14.5. The second-order valence-corrected chi connectivity index (χ2v) is 10.1. The van der Waals surface area contributed by atoms with Crippen LogP contribution in [0.4, 0.5) is 0 Å². The first-order chi connectivity index (χ1) is 19.4. The normalized spacial score (nSPS) is 11.0. The van der Waals surface area contributed by atoms with Gasteiger partial charge in [-0.1, -0.05) is 70.0 Å². The summed E-state index contributed by atoms with van der Waals surface area (Å²) >= 11 is 9.37. The summed E-state index contributed by atoms with van der Waals surface area (Å²) in [5.74, 6) is 0.625. The van der Waals surface area contributed by atoms with Gasteiger partial charge < -0.3 is 19.9 Å². The maximum absolute atomic E-state index is 12.4. The molecule has 4 rings (SSSR count). The highest BCUT2D eigenvalue weighted by Crippen LogP contribution is 2.39. The van der Waals surface area contributed by atoms with E-state index in [9.17, 15) is 9.90 Å². The van der Waals surface area contributed by atoms with Crippen molar-refractivity contribution in [1.29, 1.82) is 0 Å². The number of rotatable bonds is 12. The van der Waals surface area contributed by atoms with Crippen LogP contribution < -0.4 is 20.2 Å². The van der Waals surface area contributed by atoms with E-state index < -0.39 is 5.91 Å². The average molecular weight is 623 g/mol. The highest BCUT2D eigenvalue weighted by molar-refractivity contribution is 9.10. The van der Waals surface area contributed by atoms with Gasteiger partial charge >= 0.3 is 0 Å². The van der Waals surface area contributed by atoms with Crippen LogP contribution in [0.1, 0.15) is 21.5 Å². The average Bonchev–Trinajstić information content (AvgIpc) is 2.97. The van der Waals surface area contributed by atoms with Crippen molar-refractivity contribution in [2.45, 2.75) is 6.42 Å². The first-order valence-electron chi connectivity index (χ1n) is 12.6. The third kappa shape index (κ3) is 8.08. The Labute approximate surface area is 246 Å². The molecule has 0 aliphatic heterocycles. The van der Waals surface area contributed by atoms with Crippen LogP contribution in [0.15, 0.2) is 94.5 Å². The van der Waals surface area contributed by atoms with Gasteiger partial charge in [-0.05, 0) is 72.1 Å². The van der Waals surface area contributed by atoms with Crippen molar-refractivity contribution in [3.8, 4) is 28.4 Å². The van der Waals surface area contributed by atoms with Gasteiger partial charge in [0, 0.05) is 22.1 Å². The Kier molecular flexibility index (Phi) is 10.6. The van der Waals surface area contributed by atoms with E-state index in [-0.39, 0.29) is 16.3 Å². The van der Waals surface area contributed by atoms with E-state index in [1.807, 2.05) is 48.5 Å². The lowest BCUT2D eigenvalue weighted by molar-refractivity contribution is 0.0955. The molecule has 0 spiro atoms. The Morgan fingerprint density at radius 1 is 1.02 bits per heavy atom. The molecule has 0 heterocycles. The SMILES string of the molecule is COc1cc(/C=N/NC(=O)c2ccc(O)c(Cl)c2)cc(-c2ccccc2)c1OCCNCCc1ccc(Br)cc1. The van der Waals surface area contributed by atoms with Crippen LogP contribution in [0.5, 0.6) is 17.2 Å². The van der Waals surface area contributed by atoms with Crippen LogP contribution in [0.3, 0.4) is 0 Å². The van der Waals surface area contributed by atoms with Gasteiger partial charge in [-0.2, -0.15) is 5.10 Å². The zero-order valence-electron chi connectivity index (χ0n) is 21.9. The summed E-state index contributed by atoms with van der Waals surface area (Å²) in [4.78, 5) is 12.4. The van der Waals surface area contributed by atoms with Crippen molar-refractivity contribution in [1.82, 2.24) is 10.7 Å². The zero-order chi connectivity index (χ0) is 28.3. The number of carbonyl (C=O) groups is 1. The number of aromatic hydroxyl groups is 1. The molecule has 0 unspecified atom stereocenters. The molecule has 3 N–H and O–H groups in total. The number of phenols is 1. The number of hydrazone groups is 1. The summed E-state index contributed by atoms with van der Waals surface area (Å²) in [5.41, 5.74) is 6.53. The number of ether oxygens (including phenoxy) is 2. The van der Waals surface area contributed by atoms with Crippen LogP contribution in [-0.4, -0.2) is 44.0 Å². The van der Waals surface area contributed by atoms with E-state index in [2.05, 4.69) is 43.9 Å². The first-order valence-corrected chi connectivity index (χ1v) is 13.8. The number of methoxy groups -OCH3 is 1. The molecule has 1 amide bonds. The quantitative estimate of drug-likeness (QED) is 0.0959. The van der Waals surface area contributed by atoms with E-state index in [1.165, 1.54) is 30.0 Å². The zero-order valence-corrected chi connectivity index (χ0v) is 24.2. The Bertz CT molecular complexity index is 1460. The predicted molar refractivity (Wildman–Crippen MR) is 163 cm³/mol. The summed E-state index contributed by atoms with van der Waals surface area (Å²) in [6.07, 6.45) is 2.46. The molecule has 0 aromatic heterocycles. The molecule has 40 heavy (non-hydrogen) atoms. The van der Waals surface area contributed by atoms with Crippen molar-refractivity contribution < 1.29 is 19.4 Å². The summed E-state index contributed by atoms with van der Waals surface area (Å²) in [6, 6.07) is 26.1. The minimum absolute atomic E-state index is 0.0873. The number of phenolic OH excluding ortho intramolecular Hbond substituents is 1. The maximum Gasteiger partial charge on any atom is 0.271 e. The van der Waals surface area contributed by atoms with Crippen molar-refractivity contribution >= 4 is 39.7 Å². The Balaban J connectivity index is 1.43. The molecule has 9 heteroatoms. The fourth-order valence-electron chi connectivity index (χ4n) is 3.94. The molecule has 7 nitrogen and oxygen atoms in total. The molecule has 0 bridgehead atoms. The van der Waals surface area contributed by atoms with Crippen LogP contribution in [0.25, 0.3) is 11.1 Å². The largest absolute Gasteiger partial charge is 0.506 e. The van der Waals surface area contributed by atoms with E-state index >= 15 is 0 Å². The van der Waals surface area contributed by atoms with Gasteiger partial charge in [0.2, 0.25) is 0 Å². The van der Waals surface area contributed by atoms with Gasteiger partial charge in [0.05, 0.1) is 18.3 Å². The highest BCUT2D eigenvalue weighted by Gasteiger charge is 2.15. The molecule has 0 atom stereocenters. The fourth-order valence-corrected chi connectivity index (χ4v) is 4.39. The number of carbonyl (C=O) groups excluding carboxylic acids is 1. The molecular formula is C31H29BrClN3O4. The Morgan fingerprint density at radius 3 is 2.52 bits per heavy atom. The van der Waals surface area contributed by atoms with E-state index in [0.29, 0.717) is 30.2 Å². The van der Waals surface area contributed by atoms with E-state index in [1.54, 1.807) is 13.2 Å². The maximum atomic E-state index is 12.4. The molecule has 0 radical (unpaired) electrons. The Hall–Kier alpha value is -3.85. The highest BCUT2D eigenvalue weighted by atomic mass is 79.9. The van der Waals surface area contributed by atoms with Crippen LogP contribution in [-0.2, 0) is 6.42 Å². The smallest absolute Gasteiger partial charge is 0.271 e. The Morgan fingerprint density at radius 2 is 1.80 bits per heavy atom. The van der Waals surface area contributed by atoms with Gasteiger partial charge in [0.25, 0.3) is 5.91 Å². The van der Waals surface area contributed by atoms with Gasteiger partial charge in [-0.15, -0.1) is 0 Å². The number of nitrogens with zero attached hydrogens (tertiary/aromatic N) is 1. The lowest BCUT2D eigenvalue weighted by atomic mass is 10.0. The van der Waals surface area contributed by atoms with E-state index in [4.69, 9.17) is 21.1 Å². The number of halogens is 2. The van der Waals surface area contributed by atoms with Crippen molar-refractivity contribution in [3.05, 3.63) is 111 Å². The minimum Gasteiger partial charge on any atom is -0.506 e. The minimum atomic E-state index is -0.457. The molecular weight excluding hydrogens is 594 g/mol. The molecule has 0 saturated carbocycles. The molecule has 0 aliphatic carbocycles. The number of amides is 1. The monoisotopic (exact) mass is 621 g/mol. The molecule has 0 aliphatic rings. The van der Waals surface area contributed by atoms with Gasteiger partial charge in [-0.3, -0.25) is 4.79 Å². The van der Waals surface area contributed by atoms with Gasteiger partial charge in [0.15, 0.2) is 11.5 Å². The number of nitrogens with one attached hydrogen (secondary N) is 2. The topological polar surface area (TPSA) is 92.2 Å². The lowest BCUT2D eigenvalue weighted by Gasteiger charge is -2.17. The molecule has 4 aromatic carbocycles. The molecule has 0 fully saturated rings. The van der Waals surface area contributed by atoms with Gasteiger partial charge in [0.1, 0.15) is 12.4 Å². The van der Waals surface area contributed by atoms with Crippen molar-refractivity contribution in [2.75, 3.05) is 26.8 Å². The summed E-state index contributed by atoms with van der Waals surface area (Å²) in [7, 11) is 1.59. The lowest BCUT2D eigenvalue weighted by Crippen LogP contribution is -2.23.